The molecule has 0 bridgehead atoms. The standard InChI is InChI=1S/C55H36O/c1-55(2)48-30-29-35(32-47(48)52-40-20-5-3-17-37(40)38-18-4-10-25-45(38)53(52)55)51-43-23-8-6-21-41(43)50(42-22-7-9-24-44(42)51)34-16-13-15-33(31-34)36-26-14-27-46-39-19-11-12-28-49(39)56-54(36)46/h3-32H,1-2H3. The molecule has 1 aromatic heterocycles. The van der Waals surface area contributed by atoms with Gasteiger partial charge in [-0.2, -0.15) is 0 Å². The minimum Gasteiger partial charge on any atom is -0.455 e. The average Bonchev–Trinajstić information content (AvgIpc) is 3.75. The van der Waals surface area contributed by atoms with Gasteiger partial charge >= 0.3 is 0 Å². The van der Waals surface area contributed by atoms with Gasteiger partial charge in [0.05, 0.1) is 0 Å². The topological polar surface area (TPSA) is 13.1 Å². The Kier molecular flexibility index (Phi) is 6.46. The van der Waals surface area contributed by atoms with E-state index in [9.17, 15) is 0 Å². The molecule has 0 amide bonds. The van der Waals surface area contributed by atoms with Crippen LogP contribution >= 0.6 is 0 Å². The Bertz CT molecular complexity index is 3390. The maximum atomic E-state index is 6.50. The van der Waals surface area contributed by atoms with Gasteiger partial charge < -0.3 is 4.42 Å². The first-order valence-corrected chi connectivity index (χ1v) is 19.6. The van der Waals surface area contributed by atoms with Crippen LogP contribution in [0.25, 0.3) is 110 Å². The highest BCUT2D eigenvalue weighted by Crippen LogP contribution is 2.56. The Balaban J connectivity index is 1.10. The van der Waals surface area contributed by atoms with Crippen LogP contribution in [-0.4, -0.2) is 0 Å². The molecule has 0 spiro atoms. The van der Waals surface area contributed by atoms with Crippen LogP contribution in [0.3, 0.4) is 0 Å². The van der Waals surface area contributed by atoms with Crippen LogP contribution in [0.5, 0.6) is 0 Å². The summed E-state index contributed by atoms with van der Waals surface area (Å²) < 4.78 is 6.50. The number of hydrogen-bond acceptors (Lipinski definition) is 1. The first-order valence-electron chi connectivity index (χ1n) is 19.6. The van der Waals surface area contributed by atoms with Crippen LogP contribution in [0.15, 0.2) is 186 Å². The summed E-state index contributed by atoms with van der Waals surface area (Å²) in [7, 11) is 0. The van der Waals surface area contributed by atoms with Crippen molar-refractivity contribution in [2.24, 2.45) is 0 Å². The largest absolute Gasteiger partial charge is 0.455 e. The smallest absolute Gasteiger partial charge is 0.143 e. The summed E-state index contributed by atoms with van der Waals surface area (Å²) in [6, 6.07) is 67.0. The predicted molar refractivity (Wildman–Crippen MR) is 238 cm³/mol. The Morgan fingerprint density at radius 3 is 1.48 bits per heavy atom. The van der Waals surface area contributed by atoms with Crippen LogP contribution in [0.4, 0.5) is 0 Å². The molecule has 1 nitrogen and oxygen atoms in total. The molecule has 0 N–H and O–H groups in total. The lowest BCUT2D eigenvalue weighted by Crippen LogP contribution is -2.15. The van der Waals surface area contributed by atoms with Crippen molar-refractivity contribution in [1.29, 1.82) is 0 Å². The lowest BCUT2D eigenvalue weighted by atomic mass is 9.79. The fourth-order valence-corrected chi connectivity index (χ4v) is 10.2. The van der Waals surface area contributed by atoms with E-state index in [1.54, 1.807) is 0 Å². The number of furan rings is 1. The van der Waals surface area contributed by atoms with Crippen molar-refractivity contribution in [3.05, 3.63) is 193 Å². The van der Waals surface area contributed by atoms with Gasteiger partial charge in [0.25, 0.3) is 0 Å². The molecule has 0 radical (unpaired) electrons. The van der Waals surface area contributed by atoms with Crippen molar-refractivity contribution in [1.82, 2.24) is 0 Å². The predicted octanol–water partition coefficient (Wildman–Crippen LogP) is 15.5. The quantitative estimate of drug-likeness (QED) is 0.131. The number of rotatable bonds is 3. The van der Waals surface area contributed by atoms with E-state index in [0.29, 0.717) is 0 Å². The SMILES string of the molecule is CC1(C)c2ccc(-c3c4ccccc4c(-c4cccc(-c5cccc6c5oc5ccccc56)c4)c4ccccc34)cc2-c2c1c1ccccc1c1ccccc21. The van der Waals surface area contributed by atoms with E-state index < -0.39 is 0 Å². The minimum atomic E-state index is -0.140. The van der Waals surface area contributed by atoms with Crippen molar-refractivity contribution in [3.8, 4) is 44.5 Å². The van der Waals surface area contributed by atoms with Crippen molar-refractivity contribution < 1.29 is 4.42 Å². The van der Waals surface area contributed by atoms with Crippen molar-refractivity contribution in [3.63, 3.8) is 0 Å². The number of para-hydroxylation sites is 2. The van der Waals surface area contributed by atoms with Crippen LogP contribution in [-0.2, 0) is 5.41 Å². The monoisotopic (exact) mass is 712 g/mol. The fraction of sp³-hybridized carbons (Fsp3) is 0.0545. The van der Waals surface area contributed by atoms with Crippen LogP contribution in [0.2, 0.25) is 0 Å². The molecule has 12 rings (SSSR count). The van der Waals surface area contributed by atoms with E-state index in [2.05, 4.69) is 190 Å². The van der Waals surface area contributed by atoms with Gasteiger partial charge in [0.15, 0.2) is 0 Å². The Hall–Kier alpha value is -6.96. The van der Waals surface area contributed by atoms with Crippen molar-refractivity contribution >= 4 is 65.0 Å². The molecule has 262 valence electrons. The zero-order valence-corrected chi connectivity index (χ0v) is 31.2. The summed E-state index contributed by atoms with van der Waals surface area (Å²) in [5, 5.41) is 12.6. The molecule has 1 heterocycles. The van der Waals surface area contributed by atoms with Gasteiger partial charge in [0.1, 0.15) is 11.2 Å². The molecule has 0 aliphatic heterocycles. The van der Waals surface area contributed by atoms with E-state index >= 15 is 0 Å². The van der Waals surface area contributed by atoms with Crippen molar-refractivity contribution in [2.45, 2.75) is 19.3 Å². The molecule has 11 aromatic rings. The zero-order valence-electron chi connectivity index (χ0n) is 31.2. The molecule has 56 heavy (non-hydrogen) atoms. The first-order chi connectivity index (χ1) is 27.6. The van der Waals surface area contributed by atoms with E-state index in [4.69, 9.17) is 4.42 Å². The molecule has 1 heteroatoms. The lowest BCUT2D eigenvalue weighted by Gasteiger charge is -2.24. The summed E-state index contributed by atoms with van der Waals surface area (Å²) in [6.07, 6.45) is 0. The Labute approximate surface area is 325 Å². The number of hydrogen-bond donors (Lipinski definition) is 0. The second-order valence-electron chi connectivity index (χ2n) is 15.9. The minimum absolute atomic E-state index is 0.140. The number of benzene rings is 10. The third kappa shape index (κ3) is 4.26. The van der Waals surface area contributed by atoms with E-state index in [1.807, 2.05) is 6.07 Å². The highest BCUT2D eigenvalue weighted by atomic mass is 16.3. The Morgan fingerprint density at radius 1 is 0.339 bits per heavy atom. The maximum Gasteiger partial charge on any atom is 0.143 e. The van der Waals surface area contributed by atoms with Gasteiger partial charge in [0.2, 0.25) is 0 Å². The summed E-state index contributed by atoms with van der Waals surface area (Å²) in [5.74, 6) is 0. The van der Waals surface area contributed by atoms with Crippen molar-refractivity contribution in [2.75, 3.05) is 0 Å². The summed E-state index contributed by atoms with van der Waals surface area (Å²) in [4.78, 5) is 0. The highest BCUT2D eigenvalue weighted by molar-refractivity contribution is 6.23. The first kappa shape index (κ1) is 31.4. The van der Waals surface area contributed by atoms with E-state index in [1.165, 1.54) is 87.6 Å². The van der Waals surface area contributed by atoms with E-state index in [-0.39, 0.29) is 5.41 Å². The molecule has 0 fully saturated rings. The molecule has 0 saturated carbocycles. The third-order valence-electron chi connectivity index (χ3n) is 12.6. The summed E-state index contributed by atoms with van der Waals surface area (Å²) in [6.45, 7) is 4.81. The average molecular weight is 713 g/mol. The molecule has 1 aliphatic carbocycles. The molecule has 0 unspecified atom stereocenters. The molecule has 1 aliphatic rings. The van der Waals surface area contributed by atoms with Crippen LogP contribution in [0, 0.1) is 0 Å². The second-order valence-corrected chi connectivity index (χ2v) is 15.9. The molecule has 10 aromatic carbocycles. The zero-order chi connectivity index (χ0) is 37.1. The van der Waals surface area contributed by atoms with Gasteiger partial charge in [-0.15, -0.1) is 0 Å². The van der Waals surface area contributed by atoms with E-state index in [0.717, 1.165) is 33.1 Å². The van der Waals surface area contributed by atoms with Gasteiger partial charge in [-0.1, -0.05) is 178 Å². The van der Waals surface area contributed by atoms with Gasteiger partial charge in [-0.3, -0.25) is 0 Å². The molecule has 0 saturated heterocycles. The van der Waals surface area contributed by atoms with Gasteiger partial charge in [-0.25, -0.2) is 0 Å². The number of fused-ring (bicyclic) bond motifs is 13. The Morgan fingerprint density at radius 2 is 0.821 bits per heavy atom. The molecular formula is C55H36O. The highest BCUT2D eigenvalue weighted by Gasteiger charge is 2.38. The summed E-state index contributed by atoms with van der Waals surface area (Å²) in [5.41, 5.74) is 14.5. The normalized spacial score (nSPS) is 13.3. The summed E-state index contributed by atoms with van der Waals surface area (Å²) >= 11 is 0. The lowest BCUT2D eigenvalue weighted by molar-refractivity contribution is 0.666. The van der Waals surface area contributed by atoms with Crippen LogP contribution in [0.1, 0.15) is 25.0 Å². The van der Waals surface area contributed by atoms with Gasteiger partial charge in [0, 0.05) is 21.8 Å². The fourth-order valence-electron chi connectivity index (χ4n) is 10.2. The maximum absolute atomic E-state index is 6.50. The van der Waals surface area contributed by atoms with Gasteiger partial charge in [-0.05, 0) is 111 Å². The van der Waals surface area contributed by atoms with Crippen LogP contribution < -0.4 is 0 Å². The molecular weight excluding hydrogens is 677 g/mol. The third-order valence-corrected chi connectivity index (χ3v) is 12.6. The second kappa shape index (κ2) is 11.5. The molecule has 0 atom stereocenters.